The standard InChI is InChI=1S/C24H38N4O12S4/c1-9-21(29)25(41(33,34)13-5)19(26(22(30)10-2)42(35,36)14-6)17-18-20(27(23(31)11-3)43(37,38)15-7)28(24(32)12-4)44(39,40)16-8/h13-16,19-20H,5-12,17-18H2,1-4H3. The third kappa shape index (κ3) is 9.08. The van der Waals surface area contributed by atoms with E-state index in [2.05, 4.69) is 26.3 Å². The third-order valence-electron chi connectivity index (χ3n) is 5.90. The van der Waals surface area contributed by atoms with E-state index in [1.54, 1.807) is 0 Å². The molecule has 44 heavy (non-hydrogen) atoms. The molecular weight excluding hydrogens is 665 g/mol. The first kappa shape index (κ1) is 40.6. The van der Waals surface area contributed by atoms with Crippen LogP contribution in [0.3, 0.4) is 0 Å². The molecule has 0 aliphatic heterocycles. The number of rotatable bonds is 19. The highest BCUT2D eigenvalue weighted by Crippen LogP contribution is 2.29. The second kappa shape index (κ2) is 16.1. The number of hydrogen-bond acceptors (Lipinski definition) is 12. The molecule has 0 aliphatic carbocycles. The SMILES string of the molecule is C=CS(=O)(=O)N(C(=O)CC)C(CCC(N(C(=O)CC)S(=O)(=O)C=C)N(C(=O)CC)S(=O)(=O)C=C)N(C(=O)CC)S(=O)(=O)C=C. The molecule has 0 saturated carbocycles. The van der Waals surface area contributed by atoms with E-state index in [0.717, 1.165) is 0 Å². The molecule has 0 aromatic rings. The van der Waals surface area contributed by atoms with Crippen molar-refractivity contribution in [2.24, 2.45) is 0 Å². The molecule has 0 aromatic carbocycles. The van der Waals surface area contributed by atoms with Crippen molar-refractivity contribution >= 4 is 63.7 Å². The van der Waals surface area contributed by atoms with Crippen LogP contribution in [0.5, 0.6) is 0 Å². The summed E-state index contributed by atoms with van der Waals surface area (Å²) in [7, 11) is -19.6. The van der Waals surface area contributed by atoms with Gasteiger partial charge in [-0.3, -0.25) is 19.2 Å². The van der Waals surface area contributed by atoms with Crippen LogP contribution in [0.15, 0.2) is 47.9 Å². The number of amides is 4. The van der Waals surface area contributed by atoms with Crippen molar-refractivity contribution in [1.29, 1.82) is 0 Å². The fourth-order valence-electron chi connectivity index (χ4n) is 3.81. The minimum Gasteiger partial charge on any atom is -0.274 e. The molecule has 0 rings (SSSR count). The Kier molecular flexibility index (Phi) is 14.9. The number of hydrogen-bond donors (Lipinski definition) is 0. The molecule has 0 aliphatic rings. The maximum Gasteiger partial charge on any atom is 0.260 e. The highest BCUT2D eigenvalue weighted by atomic mass is 32.2. The first-order valence-corrected chi connectivity index (χ1v) is 19.0. The molecule has 0 aromatic heterocycles. The highest BCUT2D eigenvalue weighted by Gasteiger charge is 2.46. The topological polar surface area (TPSA) is 218 Å². The van der Waals surface area contributed by atoms with E-state index in [0.29, 0.717) is 21.6 Å². The summed E-state index contributed by atoms with van der Waals surface area (Å²) in [4.78, 5) is 52.1. The van der Waals surface area contributed by atoms with Gasteiger partial charge in [-0.05, 0) is 12.8 Å². The molecule has 0 bridgehead atoms. The highest BCUT2D eigenvalue weighted by molar-refractivity contribution is 7.94. The first-order chi connectivity index (χ1) is 20.2. The maximum atomic E-state index is 13.1. The molecular formula is C24H38N4O12S4. The molecule has 0 unspecified atom stereocenters. The van der Waals surface area contributed by atoms with Crippen LogP contribution in [0.4, 0.5) is 0 Å². The number of sulfonamides is 4. The van der Waals surface area contributed by atoms with Crippen LogP contribution in [-0.4, -0.2) is 86.9 Å². The minimum atomic E-state index is -4.90. The second-order valence-corrected chi connectivity index (χ2v) is 15.6. The zero-order valence-electron chi connectivity index (χ0n) is 24.9. The number of carbonyl (C=O) groups is 4. The van der Waals surface area contributed by atoms with Gasteiger partial charge in [0.1, 0.15) is 12.3 Å². The van der Waals surface area contributed by atoms with Crippen molar-refractivity contribution in [2.75, 3.05) is 0 Å². The van der Waals surface area contributed by atoms with Gasteiger partial charge in [-0.2, -0.15) is 0 Å². The third-order valence-corrected chi connectivity index (χ3v) is 11.6. The van der Waals surface area contributed by atoms with Crippen LogP contribution in [0.2, 0.25) is 0 Å². The van der Waals surface area contributed by atoms with Crippen molar-refractivity contribution < 1.29 is 52.8 Å². The van der Waals surface area contributed by atoms with Gasteiger partial charge in [-0.15, -0.1) is 0 Å². The molecule has 0 radical (unpaired) electrons. The van der Waals surface area contributed by atoms with E-state index in [9.17, 15) is 52.8 Å². The van der Waals surface area contributed by atoms with Gasteiger partial charge >= 0.3 is 0 Å². The summed E-state index contributed by atoms with van der Waals surface area (Å²) < 4.78 is 105. The second-order valence-electron chi connectivity index (χ2n) is 8.56. The Morgan fingerprint density at radius 3 is 0.727 bits per heavy atom. The van der Waals surface area contributed by atoms with Crippen molar-refractivity contribution in [2.45, 2.75) is 78.6 Å². The van der Waals surface area contributed by atoms with E-state index < -0.39 is 115 Å². The van der Waals surface area contributed by atoms with Gasteiger partial charge in [0.15, 0.2) is 0 Å². The maximum absolute atomic E-state index is 13.1. The van der Waals surface area contributed by atoms with E-state index in [1.165, 1.54) is 27.7 Å². The van der Waals surface area contributed by atoms with Gasteiger partial charge in [0.05, 0.1) is 0 Å². The molecule has 0 fully saturated rings. The monoisotopic (exact) mass is 702 g/mol. The lowest BCUT2D eigenvalue weighted by Gasteiger charge is -2.40. The predicted molar refractivity (Wildman–Crippen MR) is 162 cm³/mol. The summed E-state index contributed by atoms with van der Waals surface area (Å²) in [6.45, 7) is 17.4. The zero-order chi connectivity index (χ0) is 34.8. The molecule has 250 valence electrons. The number of nitrogens with zero attached hydrogens (tertiary/aromatic N) is 4. The molecule has 0 atom stereocenters. The lowest BCUT2D eigenvalue weighted by atomic mass is 10.1. The van der Waals surface area contributed by atoms with Gasteiger partial charge in [0.2, 0.25) is 23.6 Å². The average molecular weight is 703 g/mol. The smallest absolute Gasteiger partial charge is 0.260 e. The van der Waals surface area contributed by atoms with E-state index >= 15 is 0 Å². The Morgan fingerprint density at radius 1 is 0.455 bits per heavy atom. The Balaban J connectivity index is 8.10. The fraction of sp³-hybridized carbons (Fsp3) is 0.500. The Labute approximate surface area is 259 Å². The largest absolute Gasteiger partial charge is 0.274 e. The summed E-state index contributed by atoms with van der Waals surface area (Å²) in [5.74, 6) is -4.94. The van der Waals surface area contributed by atoms with Crippen LogP contribution in [0.1, 0.15) is 66.2 Å². The van der Waals surface area contributed by atoms with Crippen molar-refractivity contribution in [3.8, 4) is 0 Å². The van der Waals surface area contributed by atoms with Crippen LogP contribution in [0, 0.1) is 0 Å². The van der Waals surface area contributed by atoms with Gasteiger partial charge in [0.25, 0.3) is 40.1 Å². The van der Waals surface area contributed by atoms with Gasteiger partial charge < -0.3 is 0 Å². The Hall–Kier alpha value is -3.36. The first-order valence-electron chi connectivity index (χ1n) is 12.9. The Morgan fingerprint density at radius 2 is 0.614 bits per heavy atom. The summed E-state index contributed by atoms with van der Waals surface area (Å²) in [5.41, 5.74) is 0. The Bertz CT molecular complexity index is 1360. The molecule has 0 spiro atoms. The summed E-state index contributed by atoms with van der Waals surface area (Å²) >= 11 is 0. The zero-order valence-corrected chi connectivity index (χ0v) is 28.1. The van der Waals surface area contributed by atoms with Crippen molar-refractivity contribution in [3.05, 3.63) is 47.9 Å². The van der Waals surface area contributed by atoms with Crippen LogP contribution < -0.4 is 0 Å². The fourth-order valence-corrected chi connectivity index (χ4v) is 8.38. The van der Waals surface area contributed by atoms with Crippen LogP contribution in [0.25, 0.3) is 0 Å². The molecule has 0 heterocycles. The normalized spacial score (nSPS) is 12.2. The van der Waals surface area contributed by atoms with E-state index in [4.69, 9.17) is 0 Å². The van der Waals surface area contributed by atoms with E-state index in [1.807, 2.05) is 0 Å². The molecule has 4 amide bonds. The minimum absolute atomic E-state index is 0.0215. The van der Waals surface area contributed by atoms with E-state index in [-0.39, 0.29) is 17.2 Å². The molecule has 20 heteroatoms. The average Bonchev–Trinajstić information content (AvgIpc) is 2.98. The van der Waals surface area contributed by atoms with Gasteiger partial charge in [-0.1, -0.05) is 54.0 Å². The van der Waals surface area contributed by atoms with Crippen LogP contribution >= 0.6 is 0 Å². The van der Waals surface area contributed by atoms with Crippen molar-refractivity contribution in [3.63, 3.8) is 0 Å². The summed E-state index contributed by atoms with van der Waals surface area (Å²) in [5, 5.41) is 1.18. The quantitative estimate of drug-likeness (QED) is 0.174. The lowest BCUT2D eigenvalue weighted by Crippen LogP contribution is -2.59. The summed E-state index contributed by atoms with van der Waals surface area (Å²) in [6, 6.07) is 0. The number of carbonyl (C=O) groups excluding carboxylic acids is 4. The van der Waals surface area contributed by atoms with Gasteiger partial charge in [-0.25, -0.2) is 50.9 Å². The van der Waals surface area contributed by atoms with Crippen molar-refractivity contribution in [1.82, 2.24) is 17.2 Å². The molecule has 0 saturated heterocycles. The molecule has 0 N–H and O–H groups in total. The summed E-state index contributed by atoms with van der Waals surface area (Å²) in [6.07, 6.45) is -8.86. The van der Waals surface area contributed by atoms with Gasteiger partial charge in [0, 0.05) is 47.3 Å². The predicted octanol–water partition coefficient (Wildman–Crippen LogP) is 1.27. The molecule has 16 nitrogen and oxygen atoms in total. The lowest BCUT2D eigenvalue weighted by molar-refractivity contribution is -0.138. The van der Waals surface area contributed by atoms with Crippen LogP contribution in [-0.2, 0) is 59.3 Å².